The van der Waals surface area contributed by atoms with E-state index in [1.54, 1.807) is 0 Å². The lowest BCUT2D eigenvalue weighted by Crippen LogP contribution is -2.54. The van der Waals surface area contributed by atoms with Crippen molar-refractivity contribution < 1.29 is 9.53 Å². The minimum Gasteiger partial charge on any atom is -0.379 e. The van der Waals surface area contributed by atoms with Crippen LogP contribution in [0.25, 0.3) is 0 Å². The monoisotopic (exact) mass is 335 g/mol. The van der Waals surface area contributed by atoms with Crippen LogP contribution in [0, 0.1) is 17.8 Å². The highest BCUT2D eigenvalue weighted by Gasteiger charge is 2.44. The second-order valence-electron chi connectivity index (χ2n) is 8.78. The number of hydrogen-bond acceptors (Lipinski definition) is 3. The van der Waals surface area contributed by atoms with Gasteiger partial charge in [-0.05, 0) is 63.7 Å². The van der Waals surface area contributed by atoms with Gasteiger partial charge in [0.15, 0.2) is 0 Å². The van der Waals surface area contributed by atoms with E-state index in [0.717, 1.165) is 50.6 Å². The number of morpholine rings is 1. The van der Waals surface area contributed by atoms with Gasteiger partial charge >= 0.3 is 6.03 Å². The number of nitrogens with zero attached hydrogens (tertiary/aromatic N) is 2. The molecule has 4 bridgehead atoms. The van der Waals surface area contributed by atoms with E-state index in [-0.39, 0.29) is 6.03 Å². The first-order valence-corrected chi connectivity index (χ1v) is 9.98. The Bertz CT molecular complexity index is 458. The van der Waals surface area contributed by atoms with E-state index in [0.29, 0.717) is 18.1 Å². The van der Waals surface area contributed by atoms with Gasteiger partial charge < -0.3 is 15.0 Å². The smallest absolute Gasteiger partial charge is 0.317 e. The van der Waals surface area contributed by atoms with Crippen molar-refractivity contribution in [2.75, 3.05) is 32.8 Å². The van der Waals surface area contributed by atoms with E-state index in [2.05, 4.69) is 29.0 Å². The summed E-state index contributed by atoms with van der Waals surface area (Å²) in [7, 11) is 0. The Morgan fingerprint density at radius 2 is 1.88 bits per heavy atom. The number of carbonyl (C=O) groups is 1. The van der Waals surface area contributed by atoms with Crippen molar-refractivity contribution in [1.29, 1.82) is 0 Å². The number of fused-ring (bicyclic) bond motifs is 1. The molecule has 136 valence electrons. The number of hydrogen-bond donors (Lipinski definition) is 1. The van der Waals surface area contributed by atoms with E-state index in [4.69, 9.17) is 4.74 Å². The van der Waals surface area contributed by atoms with E-state index in [9.17, 15) is 4.79 Å². The quantitative estimate of drug-likeness (QED) is 0.861. The van der Waals surface area contributed by atoms with Gasteiger partial charge in [0.05, 0.1) is 13.2 Å². The zero-order chi connectivity index (χ0) is 16.7. The summed E-state index contributed by atoms with van der Waals surface area (Å²) in [6.07, 6.45) is 6.64. The van der Waals surface area contributed by atoms with Crippen LogP contribution in [0.1, 0.15) is 46.0 Å². The number of nitrogens with one attached hydrogen (secondary N) is 1. The van der Waals surface area contributed by atoms with Crippen LogP contribution in [0.15, 0.2) is 0 Å². The van der Waals surface area contributed by atoms with Gasteiger partial charge in [-0.2, -0.15) is 0 Å². The van der Waals surface area contributed by atoms with Crippen LogP contribution < -0.4 is 5.32 Å². The van der Waals surface area contributed by atoms with Crippen LogP contribution >= 0.6 is 0 Å². The Kier molecular flexibility index (Phi) is 4.74. The van der Waals surface area contributed by atoms with E-state index < -0.39 is 0 Å². The number of ether oxygens (including phenoxy) is 1. The molecule has 6 atom stereocenters. The Balaban J connectivity index is 1.33. The summed E-state index contributed by atoms with van der Waals surface area (Å²) in [5, 5.41) is 3.24. The van der Waals surface area contributed by atoms with Gasteiger partial charge in [0.1, 0.15) is 0 Å². The zero-order valence-electron chi connectivity index (χ0n) is 15.2. The highest BCUT2D eigenvalue weighted by Crippen LogP contribution is 2.47. The molecule has 3 heterocycles. The topological polar surface area (TPSA) is 44.8 Å². The summed E-state index contributed by atoms with van der Waals surface area (Å²) in [5.41, 5.74) is 0. The third-order valence-electron chi connectivity index (χ3n) is 6.90. The van der Waals surface area contributed by atoms with Crippen molar-refractivity contribution in [2.45, 2.75) is 64.1 Å². The summed E-state index contributed by atoms with van der Waals surface area (Å²) in [4.78, 5) is 17.5. The van der Waals surface area contributed by atoms with Gasteiger partial charge in [0, 0.05) is 37.8 Å². The highest BCUT2D eigenvalue weighted by molar-refractivity contribution is 5.74. The molecule has 2 unspecified atom stereocenters. The van der Waals surface area contributed by atoms with Crippen LogP contribution in [0.2, 0.25) is 0 Å². The lowest BCUT2D eigenvalue weighted by molar-refractivity contribution is -0.0178. The first-order chi connectivity index (χ1) is 11.6. The third-order valence-corrected chi connectivity index (χ3v) is 6.90. The van der Waals surface area contributed by atoms with Gasteiger partial charge in [-0.15, -0.1) is 0 Å². The normalized spacial score (nSPS) is 40.4. The Morgan fingerprint density at radius 3 is 2.58 bits per heavy atom. The molecule has 5 fully saturated rings. The molecule has 0 aromatic carbocycles. The maximum atomic E-state index is 12.9. The highest BCUT2D eigenvalue weighted by atomic mass is 16.5. The molecule has 0 spiro atoms. The molecule has 5 nitrogen and oxygen atoms in total. The van der Waals surface area contributed by atoms with Crippen molar-refractivity contribution in [2.24, 2.45) is 17.8 Å². The average Bonchev–Trinajstić information content (AvgIpc) is 2.76. The van der Waals surface area contributed by atoms with Gasteiger partial charge in [-0.1, -0.05) is 0 Å². The van der Waals surface area contributed by atoms with Crippen molar-refractivity contribution in [3.63, 3.8) is 0 Å². The molecule has 2 aliphatic carbocycles. The Morgan fingerprint density at radius 1 is 1.17 bits per heavy atom. The fourth-order valence-corrected chi connectivity index (χ4v) is 5.88. The summed E-state index contributed by atoms with van der Waals surface area (Å²) in [5.74, 6) is 2.53. The summed E-state index contributed by atoms with van der Waals surface area (Å²) in [6.45, 7) is 8.74. The molecule has 0 aromatic heterocycles. The number of amides is 2. The fourth-order valence-electron chi connectivity index (χ4n) is 5.88. The number of rotatable bonds is 3. The molecule has 0 aromatic rings. The van der Waals surface area contributed by atoms with Crippen molar-refractivity contribution >= 4 is 6.03 Å². The minimum atomic E-state index is 0.181. The van der Waals surface area contributed by atoms with Crippen LogP contribution in [-0.4, -0.2) is 66.8 Å². The van der Waals surface area contributed by atoms with Crippen molar-refractivity contribution in [3.05, 3.63) is 0 Å². The number of urea groups is 1. The molecule has 3 aliphatic heterocycles. The molecule has 2 amide bonds. The molecule has 24 heavy (non-hydrogen) atoms. The van der Waals surface area contributed by atoms with Crippen LogP contribution in [-0.2, 0) is 4.74 Å². The molecule has 0 radical (unpaired) electrons. The van der Waals surface area contributed by atoms with Gasteiger partial charge in [0.2, 0.25) is 0 Å². The standard InChI is InChI=1S/C19H33N3O2/c1-13(21-3-4-24-12-14(21)2)10-20-19(23)22-11-17-6-15-5-16(7-17)9-18(22)8-15/h13-18H,3-12H2,1-2H3,(H,20,23)/t13-,14-,15-,16+,17?,18?/m1/s1. The largest absolute Gasteiger partial charge is 0.379 e. The van der Waals surface area contributed by atoms with Crippen LogP contribution in [0.4, 0.5) is 4.79 Å². The Labute approximate surface area is 146 Å². The summed E-state index contributed by atoms with van der Waals surface area (Å²) >= 11 is 0. The van der Waals surface area contributed by atoms with Gasteiger partial charge in [-0.3, -0.25) is 4.90 Å². The Hall–Kier alpha value is -0.810. The summed E-state index contributed by atoms with van der Waals surface area (Å²) in [6, 6.07) is 1.49. The molecule has 5 rings (SSSR count). The minimum absolute atomic E-state index is 0.181. The van der Waals surface area contributed by atoms with E-state index in [1.807, 2.05) is 0 Å². The third kappa shape index (κ3) is 3.30. The predicted octanol–water partition coefficient (Wildman–Crippen LogP) is 2.32. The maximum absolute atomic E-state index is 12.9. The molecule has 5 aliphatic rings. The molecule has 2 saturated carbocycles. The van der Waals surface area contributed by atoms with E-state index >= 15 is 0 Å². The maximum Gasteiger partial charge on any atom is 0.317 e. The zero-order valence-corrected chi connectivity index (χ0v) is 15.2. The molecule has 3 saturated heterocycles. The first kappa shape index (κ1) is 16.6. The first-order valence-electron chi connectivity index (χ1n) is 9.98. The second kappa shape index (κ2) is 6.83. The van der Waals surface area contributed by atoms with Crippen LogP contribution in [0.3, 0.4) is 0 Å². The lowest BCUT2D eigenvalue weighted by Gasteiger charge is -2.39. The summed E-state index contributed by atoms with van der Waals surface area (Å²) < 4.78 is 5.52. The van der Waals surface area contributed by atoms with Crippen LogP contribution in [0.5, 0.6) is 0 Å². The average molecular weight is 335 g/mol. The van der Waals surface area contributed by atoms with E-state index in [1.165, 1.54) is 32.1 Å². The van der Waals surface area contributed by atoms with Gasteiger partial charge in [-0.25, -0.2) is 4.79 Å². The lowest BCUT2D eigenvalue weighted by atomic mass is 9.68. The van der Waals surface area contributed by atoms with Crippen molar-refractivity contribution in [1.82, 2.24) is 15.1 Å². The molecular formula is C19H33N3O2. The molecular weight excluding hydrogens is 302 g/mol. The number of carbonyl (C=O) groups excluding carboxylic acids is 1. The second-order valence-corrected chi connectivity index (χ2v) is 8.78. The molecule has 1 N–H and O–H groups in total. The van der Waals surface area contributed by atoms with Crippen molar-refractivity contribution in [3.8, 4) is 0 Å². The predicted molar refractivity (Wildman–Crippen MR) is 93.9 cm³/mol. The fraction of sp³-hybridized carbons (Fsp3) is 0.947. The van der Waals surface area contributed by atoms with Gasteiger partial charge in [0.25, 0.3) is 0 Å². The molecule has 5 heteroatoms. The SMILES string of the molecule is C[C@H](CNC(=O)N1CC2C[C@@H]3CC1C[C@H](C2)C3)N1CCOC[C@H]1C.